The third kappa shape index (κ3) is 5.52. The van der Waals surface area contributed by atoms with Crippen LogP contribution in [0.3, 0.4) is 0 Å². The van der Waals surface area contributed by atoms with Gasteiger partial charge in [-0.25, -0.2) is 4.98 Å². The fourth-order valence-electron chi connectivity index (χ4n) is 9.19. The number of pyridine rings is 1. The van der Waals surface area contributed by atoms with Crippen molar-refractivity contribution in [2.45, 2.75) is 90.8 Å². The zero-order valence-electron chi connectivity index (χ0n) is 33.3. The molecule has 6 heteroatoms. The topological polar surface area (TPSA) is 42.6 Å². The van der Waals surface area contributed by atoms with Crippen molar-refractivity contribution in [3.63, 3.8) is 0 Å². The van der Waals surface area contributed by atoms with E-state index in [1.165, 1.54) is 49.8 Å². The molecule has 0 saturated carbocycles. The number of aromatic nitrogens is 2. The molecule has 0 fully saturated rings. The Labute approximate surface area is 344 Å². The van der Waals surface area contributed by atoms with Crippen molar-refractivity contribution >= 4 is 27.6 Å². The Hall–Kier alpha value is -4.99. The van der Waals surface area contributed by atoms with Gasteiger partial charge in [0.25, 0.3) is 0 Å². The predicted molar refractivity (Wildman–Crippen MR) is 223 cm³/mol. The van der Waals surface area contributed by atoms with Crippen LogP contribution in [0.25, 0.3) is 27.6 Å². The summed E-state index contributed by atoms with van der Waals surface area (Å²) in [6.07, 6.45) is 1.90. The van der Waals surface area contributed by atoms with Crippen LogP contribution in [0.15, 0.2) is 108 Å². The minimum Gasteiger partial charge on any atom is -0.503 e. The molecular formula is C50H46N4OPt. The van der Waals surface area contributed by atoms with Crippen molar-refractivity contribution < 1.29 is 25.8 Å². The summed E-state index contributed by atoms with van der Waals surface area (Å²) in [4.78, 5) is 12.9. The third-order valence-corrected chi connectivity index (χ3v) is 12.3. The second-order valence-electron chi connectivity index (χ2n) is 17.6. The van der Waals surface area contributed by atoms with Crippen LogP contribution in [0.1, 0.15) is 117 Å². The Morgan fingerprint density at radius 3 is 2.39 bits per heavy atom. The molecule has 5 heterocycles. The van der Waals surface area contributed by atoms with Gasteiger partial charge in [-0.05, 0) is 50.6 Å². The van der Waals surface area contributed by atoms with Gasteiger partial charge in [0.1, 0.15) is 5.82 Å². The van der Waals surface area contributed by atoms with E-state index in [1.54, 1.807) is 0 Å². The molecule has 0 saturated heterocycles. The van der Waals surface area contributed by atoms with Crippen LogP contribution in [-0.4, -0.2) is 20.3 Å². The first-order valence-electron chi connectivity index (χ1n) is 19.6. The molecule has 56 heavy (non-hydrogen) atoms. The molecule has 0 bridgehead atoms. The number of hydrogen-bond donors (Lipinski definition) is 0. The molecule has 5 aromatic carbocycles. The van der Waals surface area contributed by atoms with Gasteiger partial charge in [0.05, 0.1) is 12.1 Å². The first-order valence-corrected chi connectivity index (χ1v) is 19.6. The van der Waals surface area contributed by atoms with Crippen molar-refractivity contribution in [3.8, 4) is 17.3 Å². The van der Waals surface area contributed by atoms with Gasteiger partial charge >= 0.3 is 21.1 Å². The van der Waals surface area contributed by atoms with Crippen molar-refractivity contribution in [2.75, 3.05) is 0 Å². The normalized spacial score (nSPS) is 17.8. The van der Waals surface area contributed by atoms with Gasteiger partial charge in [-0.3, -0.25) is 0 Å². The van der Waals surface area contributed by atoms with Crippen LogP contribution in [-0.2, 0) is 38.4 Å². The fraction of sp³-hybridized carbons (Fsp3) is 0.280. The number of hydrogen-bond acceptors (Lipinski definition) is 4. The Bertz CT molecular complexity index is 2730. The largest absolute Gasteiger partial charge is 2.00 e. The summed E-state index contributed by atoms with van der Waals surface area (Å²) in [6.45, 7) is 19.0. The monoisotopic (exact) mass is 913 g/mol. The summed E-state index contributed by atoms with van der Waals surface area (Å²) in [5.41, 5.74) is 12.9. The third-order valence-electron chi connectivity index (χ3n) is 12.3. The maximum Gasteiger partial charge on any atom is 2.00 e. The number of ether oxygens (including phenoxy) is 1. The number of aliphatic imine (C=N–C) groups is 1. The standard InChI is InChI=1S/C50H46N4O.Pt/c1-29(2)33-22-34(47-52-44(31-15-10-9-11-16-31)46-37-18-13-12-17-32(37)28-53(46)47)24-36(23-33)55-43-27-42-38(21-30(43)3)39-25-35(49(4,5)6)26-41-45(39)54(42)48-40(50(41,7)8)19-14-20-51-48;/h9-23,25-26,29,44,46H,28H2,1-8H3;/q-2;+2/t44-,46+;/m1./s1. The fourth-order valence-corrected chi connectivity index (χ4v) is 9.19. The minimum absolute atomic E-state index is 0. The molecule has 0 spiro atoms. The average molecular weight is 914 g/mol. The predicted octanol–water partition coefficient (Wildman–Crippen LogP) is 12.0. The number of fused-ring (bicyclic) bond motifs is 8. The molecule has 2 atom stereocenters. The van der Waals surface area contributed by atoms with Crippen LogP contribution in [0.4, 0.5) is 0 Å². The summed E-state index contributed by atoms with van der Waals surface area (Å²) in [6, 6.07) is 42.9. The van der Waals surface area contributed by atoms with Crippen LogP contribution in [0, 0.1) is 19.1 Å². The molecule has 0 N–H and O–H groups in total. The molecule has 0 unspecified atom stereocenters. The van der Waals surface area contributed by atoms with E-state index in [1.807, 2.05) is 6.20 Å². The zero-order valence-corrected chi connectivity index (χ0v) is 35.5. The van der Waals surface area contributed by atoms with Gasteiger partial charge in [0.2, 0.25) is 0 Å². The molecule has 3 aliphatic heterocycles. The first-order chi connectivity index (χ1) is 26.4. The Balaban J connectivity index is 0.00000410. The van der Waals surface area contributed by atoms with E-state index in [0.29, 0.717) is 11.5 Å². The van der Waals surface area contributed by atoms with Gasteiger partial charge in [-0.15, -0.1) is 34.2 Å². The summed E-state index contributed by atoms with van der Waals surface area (Å²) in [7, 11) is 0. The Morgan fingerprint density at radius 2 is 1.62 bits per heavy atom. The number of aryl methyl sites for hydroxylation is 1. The minimum atomic E-state index is -0.220. The van der Waals surface area contributed by atoms with Gasteiger partial charge in [-0.1, -0.05) is 146 Å². The number of rotatable bonds is 5. The van der Waals surface area contributed by atoms with E-state index in [2.05, 4.69) is 174 Å². The van der Waals surface area contributed by atoms with Crippen molar-refractivity contribution in [1.82, 2.24) is 14.5 Å². The van der Waals surface area contributed by atoms with Crippen LogP contribution in [0.5, 0.6) is 11.5 Å². The molecule has 2 aromatic heterocycles. The van der Waals surface area contributed by atoms with Crippen molar-refractivity contribution in [2.24, 2.45) is 4.99 Å². The number of amidine groups is 1. The van der Waals surface area contributed by atoms with Crippen molar-refractivity contribution in [3.05, 3.63) is 165 Å². The van der Waals surface area contributed by atoms with Crippen LogP contribution >= 0.6 is 0 Å². The van der Waals surface area contributed by atoms with E-state index < -0.39 is 0 Å². The average Bonchev–Trinajstić information content (AvgIpc) is 3.83. The molecular weight excluding hydrogens is 868 g/mol. The molecule has 10 rings (SSSR count). The van der Waals surface area contributed by atoms with Crippen LogP contribution < -0.4 is 4.74 Å². The summed E-state index contributed by atoms with van der Waals surface area (Å²) < 4.78 is 9.25. The quantitative estimate of drug-likeness (QED) is 0.162. The van der Waals surface area contributed by atoms with Crippen LogP contribution in [0.2, 0.25) is 0 Å². The SMILES string of the molecule is Cc1cc2c3cc(C(C)(C)C)cc4c3n(c2[c-]c1Oc1[c-]c(C2=N[C@H](c3ccccc3)[C@@H]3c5ccccc5CN23)cc(C(C)C)c1)-c1ncccc1C4(C)C.[Pt+2]. The Kier molecular flexibility index (Phi) is 8.52. The summed E-state index contributed by atoms with van der Waals surface area (Å²) in [5.74, 6) is 3.57. The molecule has 7 aromatic rings. The van der Waals surface area contributed by atoms with Gasteiger partial charge < -0.3 is 19.2 Å². The van der Waals surface area contributed by atoms with Gasteiger partial charge in [0.15, 0.2) is 0 Å². The molecule has 0 radical (unpaired) electrons. The van der Waals surface area contributed by atoms with E-state index in [9.17, 15) is 0 Å². The number of benzene rings is 5. The number of nitrogens with zero attached hydrogens (tertiary/aromatic N) is 4. The Morgan fingerprint density at radius 1 is 0.857 bits per heavy atom. The second-order valence-corrected chi connectivity index (χ2v) is 17.6. The maximum atomic E-state index is 6.93. The van der Waals surface area contributed by atoms with Gasteiger partial charge in [0, 0.05) is 46.6 Å². The molecule has 5 nitrogen and oxygen atoms in total. The zero-order chi connectivity index (χ0) is 38.0. The summed E-state index contributed by atoms with van der Waals surface area (Å²) in [5, 5.41) is 2.39. The molecule has 282 valence electrons. The first kappa shape index (κ1) is 36.6. The summed E-state index contributed by atoms with van der Waals surface area (Å²) >= 11 is 0. The van der Waals surface area contributed by atoms with Gasteiger partial charge in [-0.2, -0.15) is 6.07 Å². The maximum absolute atomic E-state index is 6.93. The van der Waals surface area contributed by atoms with E-state index >= 15 is 0 Å². The van der Waals surface area contributed by atoms with E-state index in [-0.39, 0.29) is 49.9 Å². The second kappa shape index (κ2) is 13.0. The molecule has 0 amide bonds. The van der Waals surface area contributed by atoms with E-state index in [4.69, 9.17) is 14.7 Å². The van der Waals surface area contributed by atoms with Crippen molar-refractivity contribution in [1.29, 1.82) is 0 Å². The molecule has 3 aliphatic rings. The smallest absolute Gasteiger partial charge is 0.503 e. The molecule has 0 aliphatic carbocycles. The van der Waals surface area contributed by atoms with E-state index in [0.717, 1.165) is 40.2 Å².